The van der Waals surface area contributed by atoms with Gasteiger partial charge in [-0.3, -0.25) is 4.79 Å². The maximum atomic E-state index is 12.5. The number of carbonyl (C=O) groups excluding carboxylic acids is 1. The van der Waals surface area contributed by atoms with Gasteiger partial charge in [-0.05, 0) is 13.0 Å². The van der Waals surface area contributed by atoms with E-state index in [1.54, 1.807) is 17.0 Å². The molecule has 8 heteroatoms. The summed E-state index contributed by atoms with van der Waals surface area (Å²) in [6.45, 7) is 3.39. The van der Waals surface area contributed by atoms with E-state index in [9.17, 15) is 4.79 Å². The molecule has 3 heterocycles. The lowest BCUT2D eigenvalue weighted by Gasteiger charge is -2.17. The van der Waals surface area contributed by atoms with Crippen LogP contribution >= 0.6 is 0 Å². The van der Waals surface area contributed by atoms with Gasteiger partial charge in [-0.15, -0.1) is 0 Å². The van der Waals surface area contributed by atoms with Gasteiger partial charge in [0.15, 0.2) is 0 Å². The molecule has 2 aromatic heterocycles. The van der Waals surface area contributed by atoms with Gasteiger partial charge in [0, 0.05) is 37.6 Å². The van der Waals surface area contributed by atoms with E-state index in [4.69, 9.17) is 14.7 Å². The molecule has 0 radical (unpaired) electrons. The number of aromatic nitrogens is 3. The molecule has 3 rings (SSSR count). The Kier molecular flexibility index (Phi) is 5.04. The van der Waals surface area contributed by atoms with Crippen molar-refractivity contribution >= 4 is 5.91 Å². The van der Waals surface area contributed by atoms with Crippen molar-refractivity contribution in [3.63, 3.8) is 0 Å². The highest BCUT2D eigenvalue weighted by Gasteiger charge is 2.29. The second kappa shape index (κ2) is 7.57. The number of hydrogen-bond acceptors (Lipinski definition) is 7. The number of likely N-dealkylation sites (tertiary alicyclic amines) is 1. The number of hydrogen-bond donors (Lipinski definition) is 0. The SMILES string of the molecule is CCOc1ccc(C(=O)N2CC[C@H](Oc3nccnc3C#N)C2)cn1. The molecule has 0 aliphatic carbocycles. The molecular weight excluding hydrogens is 322 g/mol. The molecule has 1 aliphatic heterocycles. The van der Waals surface area contributed by atoms with E-state index in [2.05, 4.69) is 15.0 Å². The first-order valence-electron chi connectivity index (χ1n) is 7.97. The maximum absolute atomic E-state index is 12.5. The van der Waals surface area contributed by atoms with Crippen LogP contribution in [0.5, 0.6) is 11.8 Å². The summed E-state index contributed by atoms with van der Waals surface area (Å²) < 4.78 is 11.0. The Morgan fingerprint density at radius 3 is 2.92 bits per heavy atom. The third kappa shape index (κ3) is 3.83. The molecule has 2 aromatic rings. The predicted octanol–water partition coefficient (Wildman–Crippen LogP) is 1.44. The molecule has 0 bridgehead atoms. The monoisotopic (exact) mass is 339 g/mol. The average Bonchev–Trinajstić information content (AvgIpc) is 3.11. The molecule has 1 saturated heterocycles. The molecule has 128 valence electrons. The minimum Gasteiger partial charge on any atom is -0.478 e. The topological polar surface area (TPSA) is 101 Å². The highest BCUT2D eigenvalue weighted by Crippen LogP contribution is 2.20. The highest BCUT2D eigenvalue weighted by atomic mass is 16.5. The van der Waals surface area contributed by atoms with Crippen molar-refractivity contribution in [1.29, 1.82) is 5.26 Å². The molecule has 1 atom stereocenters. The molecule has 0 spiro atoms. The summed E-state index contributed by atoms with van der Waals surface area (Å²) in [5.74, 6) is 0.585. The van der Waals surface area contributed by atoms with Crippen LogP contribution in [0.4, 0.5) is 0 Å². The number of amides is 1. The van der Waals surface area contributed by atoms with Crippen molar-refractivity contribution in [2.24, 2.45) is 0 Å². The molecule has 1 fully saturated rings. The van der Waals surface area contributed by atoms with Gasteiger partial charge in [-0.25, -0.2) is 15.0 Å². The summed E-state index contributed by atoms with van der Waals surface area (Å²) in [6.07, 6.45) is 4.87. The number of nitriles is 1. The van der Waals surface area contributed by atoms with E-state index in [0.717, 1.165) is 0 Å². The Morgan fingerprint density at radius 2 is 2.20 bits per heavy atom. The maximum Gasteiger partial charge on any atom is 0.255 e. The Bertz CT molecular complexity index is 788. The lowest BCUT2D eigenvalue weighted by molar-refractivity contribution is 0.0770. The van der Waals surface area contributed by atoms with Crippen molar-refractivity contribution < 1.29 is 14.3 Å². The van der Waals surface area contributed by atoms with Crippen LogP contribution in [0.25, 0.3) is 0 Å². The molecule has 0 N–H and O–H groups in total. The van der Waals surface area contributed by atoms with Gasteiger partial charge < -0.3 is 14.4 Å². The third-order valence-corrected chi connectivity index (χ3v) is 3.76. The van der Waals surface area contributed by atoms with Crippen LogP contribution in [0.2, 0.25) is 0 Å². The summed E-state index contributed by atoms with van der Waals surface area (Å²) in [7, 11) is 0. The molecule has 25 heavy (non-hydrogen) atoms. The largest absolute Gasteiger partial charge is 0.478 e. The summed E-state index contributed by atoms with van der Waals surface area (Å²) in [6, 6.07) is 5.33. The van der Waals surface area contributed by atoms with E-state index in [-0.39, 0.29) is 23.6 Å². The lowest BCUT2D eigenvalue weighted by atomic mass is 10.2. The summed E-state index contributed by atoms with van der Waals surface area (Å²) >= 11 is 0. The van der Waals surface area contributed by atoms with Crippen molar-refractivity contribution in [2.75, 3.05) is 19.7 Å². The first-order valence-corrected chi connectivity index (χ1v) is 7.97. The zero-order valence-corrected chi connectivity index (χ0v) is 13.8. The van der Waals surface area contributed by atoms with Gasteiger partial charge in [0.2, 0.25) is 11.6 Å². The van der Waals surface area contributed by atoms with Crippen molar-refractivity contribution in [3.8, 4) is 17.8 Å². The standard InChI is InChI=1S/C17H17N5O3/c1-2-24-15-4-3-12(10-21-15)17(23)22-8-5-13(11-22)25-16-14(9-18)19-6-7-20-16/h3-4,6-7,10,13H,2,5,8,11H2,1H3/t13-/m0/s1. The van der Waals surface area contributed by atoms with Crippen molar-refractivity contribution in [1.82, 2.24) is 19.9 Å². The van der Waals surface area contributed by atoms with Gasteiger partial charge >= 0.3 is 0 Å². The smallest absolute Gasteiger partial charge is 0.255 e. The molecule has 1 amide bonds. The molecular formula is C17H17N5O3. The average molecular weight is 339 g/mol. The van der Waals surface area contributed by atoms with Gasteiger partial charge in [0.05, 0.1) is 18.7 Å². The highest BCUT2D eigenvalue weighted by molar-refractivity contribution is 5.94. The Labute approximate surface area is 145 Å². The number of nitrogens with zero attached hydrogens (tertiary/aromatic N) is 5. The van der Waals surface area contributed by atoms with Crippen LogP contribution in [0, 0.1) is 11.3 Å². The van der Waals surface area contributed by atoms with Crippen LogP contribution in [-0.2, 0) is 0 Å². The fraction of sp³-hybridized carbons (Fsp3) is 0.353. The first-order chi connectivity index (χ1) is 12.2. The molecule has 8 nitrogen and oxygen atoms in total. The van der Waals surface area contributed by atoms with Crippen LogP contribution in [-0.4, -0.2) is 51.6 Å². The summed E-state index contributed by atoms with van der Waals surface area (Å²) in [5, 5.41) is 9.03. The molecule has 0 unspecified atom stereocenters. The predicted molar refractivity (Wildman–Crippen MR) is 87.1 cm³/mol. The fourth-order valence-corrected chi connectivity index (χ4v) is 2.58. The fourth-order valence-electron chi connectivity index (χ4n) is 2.58. The van der Waals surface area contributed by atoms with Gasteiger partial charge in [-0.1, -0.05) is 0 Å². The number of pyridine rings is 1. The van der Waals surface area contributed by atoms with E-state index >= 15 is 0 Å². The minimum atomic E-state index is -0.219. The van der Waals surface area contributed by atoms with E-state index in [0.29, 0.717) is 37.6 Å². The van der Waals surface area contributed by atoms with Gasteiger partial charge in [-0.2, -0.15) is 5.26 Å². The first kappa shape index (κ1) is 16.6. The Morgan fingerprint density at radius 1 is 1.36 bits per heavy atom. The van der Waals surface area contributed by atoms with Crippen molar-refractivity contribution in [3.05, 3.63) is 42.0 Å². The van der Waals surface area contributed by atoms with Gasteiger partial charge in [0.1, 0.15) is 12.2 Å². The molecule has 0 saturated carbocycles. The van der Waals surface area contributed by atoms with E-state index in [1.165, 1.54) is 18.6 Å². The number of carbonyl (C=O) groups is 1. The quantitative estimate of drug-likeness (QED) is 0.812. The normalized spacial score (nSPS) is 16.3. The van der Waals surface area contributed by atoms with Crippen LogP contribution in [0.3, 0.4) is 0 Å². The van der Waals surface area contributed by atoms with Crippen molar-refractivity contribution in [2.45, 2.75) is 19.4 Å². The molecule has 1 aliphatic rings. The van der Waals surface area contributed by atoms with E-state index in [1.807, 2.05) is 13.0 Å². The number of rotatable bonds is 5. The third-order valence-electron chi connectivity index (χ3n) is 3.76. The second-order valence-electron chi connectivity index (χ2n) is 5.42. The number of ether oxygens (including phenoxy) is 2. The summed E-state index contributed by atoms with van der Waals surface area (Å²) in [4.78, 5) is 26.3. The van der Waals surface area contributed by atoms with Crippen LogP contribution < -0.4 is 9.47 Å². The molecule has 0 aromatic carbocycles. The Hall–Kier alpha value is -3.21. The minimum absolute atomic E-state index is 0.110. The lowest BCUT2D eigenvalue weighted by Crippen LogP contribution is -2.31. The van der Waals surface area contributed by atoms with Crippen LogP contribution in [0.1, 0.15) is 29.4 Å². The second-order valence-corrected chi connectivity index (χ2v) is 5.42. The van der Waals surface area contributed by atoms with Gasteiger partial charge in [0.25, 0.3) is 11.8 Å². The summed E-state index contributed by atoms with van der Waals surface area (Å²) in [5.41, 5.74) is 0.643. The zero-order valence-electron chi connectivity index (χ0n) is 13.8. The zero-order chi connectivity index (χ0) is 17.6. The van der Waals surface area contributed by atoms with Crippen LogP contribution in [0.15, 0.2) is 30.7 Å². The van der Waals surface area contributed by atoms with E-state index < -0.39 is 0 Å². The Balaban J connectivity index is 1.62.